The summed E-state index contributed by atoms with van der Waals surface area (Å²) in [6, 6.07) is 1.13. The van der Waals surface area contributed by atoms with Gasteiger partial charge in [0, 0.05) is 0 Å². The normalized spacial score (nSPS) is 11.3. The molecular weight excluding hydrogens is 312 g/mol. The van der Waals surface area contributed by atoms with E-state index < -0.39 is 17.4 Å². The molecule has 0 bridgehead atoms. The van der Waals surface area contributed by atoms with E-state index in [9.17, 15) is 9.18 Å². The fourth-order valence-electron chi connectivity index (χ4n) is 0.899. The van der Waals surface area contributed by atoms with Gasteiger partial charge < -0.3 is 4.74 Å². The van der Waals surface area contributed by atoms with Crippen molar-refractivity contribution in [1.29, 1.82) is 0 Å². The summed E-state index contributed by atoms with van der Waals surface area (Å²) in [5, 5.41) is 0. The van der Waals surface area contributed by atoms with Crippen LogP contribution in [-0.2, 0) is 4.74 Å². The Morgan fingerprint density at radius 2 is 2.13 bits per heavy atom. The number of rotatable bonds is 1. The molecule has 0 fully saturated rings. The molecule has 0 radical (unpaired) electrons. The van der Waals surface area contributed by atoms with E-state index in [0.717, 1.165) is 12.3 Å². The van der Waals surface area contributed by atoms with Crippen LogP contribution in [0.15, 0.2) is 12.3 Å². The highest BCUT2D eigenvalue weighted by atomic mass is 127. The Kier molecular flexibility index (Phi) is 3.64. The Bertz CT molecular complexity index is 387. The third-order valence-electron chi connectivity index (χ3n) is 1.42. The number of hydrogen-bond acceptors (Lipinski definition) is 3. The molecule has 3 nitrogen and oxygen atoms in total. The number of pyridine rings is 1. The Labute approximate surface area is 101 Å². The zero-order valence-corrected chi connectivity index (χ0v) is 10.8. The van der Waals surface area contributed by atoms with Crippen LogP contribution in [0.1, 0.15) is 31.1 Å². The standard InChI is InChI=1S/C10H11FINO2/c1-10(2,3)15-9(14)7-4-6(11)5-13-8(7)12/h4-5H,1-3H3. The quantitative estimate of drug-likeness (QED) is 0.453. The SMILES string of the molecule is CC(C)(C)OC(=O)c1cc(F)cnc1I. The van der Waals surface area contributed by atoms with Gasteiger partial charge in [0.05, 0.1) is 11.8 Å². The van der Waals surface area contributed by atoms with Crippen molar-refractivity contribution in [2.45, 2.75) is 26.4 Å². The van der Waals surface area contributed by atoms with E-state index in [1.165, 1.54) is 0 Å². The van der Waals surface area contributed by atoms with Gasteiger partial charge >= 0.3 is 5.97 Å². The largest absolute Gasteiger partial charge is 0.456 e. The molecule has 15 heavy (non-hydrogen) atoms. The molecule has 0 saturated carbocycles. The van der Waals surface area contributed by atoms with Crippen LogP contribution in [0.3, 0.4) is 0 Å². The predicted molar refractivity (Wildman–Crippen MR) is 62.1 cm³/mol. The van der Waals surface area contributed by atoms with Crippen LogP contribution in [0.2, 0.25) is 0 Å². The van der Waals surface area contributed by atoms with Crippen LogP contribution >= 0.6 is 22.6 Å². The van der Waals surface area contributed by atoms with Crippen molar-refractivity contribution in [3.63, 3.8) is 0 Å². The third kappa shape index (κ3) is 3.73. The summed E-state index contributed by atoms with van der Waals surface area (Å²) in [5.41, 5.74) is -0.433. The molecule has 1 aromatic heterocycles. The number of esters is 1. The van der Waals surface area contributed by atoms with E-state index in [2.05, 4.69) is 4.98 Å². The summed E-state index contributed by atoms with van der Waals surface area (Å²) in [6.45, 7) is 5.26. The van der Waals surface area contributed by atoms with Crippen molar-refractivity contribution < 1.29 is 13.9 Å². The maximum absolute atomic E-state index is 12.9. The van der Waals surface area contributed by atoms with Crippen LogP contribution in [0.5, 0.6) is 0 Å². The Morgan fingerprint density at radius 1 is 1.53 bits per heavy atom. The Morgan fingerprint density at radius 3 is 2.67 bits per heavy atom. The van der Waals surface area contributed by atoms with Gasteiger partial charge in [0.25, 0.3) is 0 Å². The second-order valence-electron chi connectivity index (χ2n) is 3.99. The number of halogens is 2. The molecule has 0 aromatic carbocycles. The van der Waals surface area contributed by atoms with Gasteiger partial charge in [0.2, 0.25) is 0 Å². The molecule has 5 heteroatoms. The van der Waals surface area contributed by atoms with Gasteiger partial charge in [0.1, 0.15) is 15.1 Å². The lowest BCUT2D eigenvalue weighted by Crippen LogP contribution is -2.24. The topological polar surface area (TPSA) is 39.2 Å². The minimum atomic E-state index is -0.591. The van der Waals surface area contributed by atoms with Gasteiger partial charge in [-0.15, -0.1) is 0 Å². The number of carbonyl (C=O) groups is 1. The zero-order valence-electron chi connectivity index (χ0n) is 8.67. The summed E-state index contributed by atoms with van der Waals surface area (Å²) in [6.07, 6.45) is 1.07. The average Bonchev–Trinajstić information content (AvgIpc) is 2.06. The second-order valence-corrected chi connectivity index (χ2v) is 5.02. The van der Waals surface area contributed by atoms with Crippen LogP contribution < -0.4 is 0 Å². The lowest BCUT2D eigenvalue weighted by atomic mass is 10.2. The lowest BCUT2D eigenvalue weighted by Gasteiger charge is -2.19. The van der Waals surface area contributed by atoms with E-state index >= 15 is 0 Å². The summed E-state index contributed by atoms with van der Waals surface area (Å²) in [7, 11) is 0. The molecule has 82 valence electrons. The zero-order chi connectivity index (χ0) is 11.6. The number of aromatic nitrogens is 1. The molecule has 1 heterocycles. The van der Waals surface area contributed by atoms with Crippen LogP contribution in [0.25, 0.3) is 0 Å². The van der Waals surface area contributed by atoms with E-state index in [-0.39, 0.29) is 5.56 Å². The Hall–Kier alpha value is -0.720. The monoisotopic (exact) mass is 323 g/mol. The Balaban J connectivity index is 2.96. The second kappa shape index (κ2) is 4.42. The molecule has 0 aliphatic carbocycles. The van der Waals surface area contributed by atoms with Gasteiger partial charge in [-0.2, -0.15) is 0 Å². The summed E-state index contributed by atoms with van der Waals surface area (Å²) in [4.78, 5) is 15.3. The van der Waals surface area contributed by atoms with Gasteiger partial charge in [-0.1, -0.05) is 0 Å². The first-order chi connectivity index (χ1) is 6.79. The van der Waals surface area contributed by atoms with Crippen molar-refractivity contribution in [3.8, 4) is 0 Å². The van der Waals surface area contributed by atoms with E-state index in [0.29, 0.717) is 3.70 Å². The van der Waals surface area contributed by atoms with Gasteiger partial charge in [-0.3, -0.25) is 0 Å². The maximum Gasteiger partial charge on any atom is 0.341 e. The van der Waals surface area contributed by atoms with Crippen molar-refractivity contribution in [2.24, 2.45) is 0 Å². The molecule has 0 spiro atoms. The highest BCUT2D eigenvalue weighted by Crippen LogP contribution is 2.16. The summed E-state index contributed by atoms with van der Waals surface area (Å²) in [5.74, 6) is -1.10. The first-order valence-corrected chi connectivity index (χ1v) is 5.42. The molecule has 0 unspecified atom stereocenters. The van der Waals surface area contributed by atoms with Gasteiger partial charge in [-0.25, -0.2) is 14.2 Å². The van der Waals surface area contributed by atoms with Crippen LogP contribution in [-0.4, -0.2) is 16.6 Å². The average molecular weight is 323 g/mol. The smallest absolute Gasteiger partial charge is 0.341 e. The first kappa shape index (κ1) is 12.4. The maximum atomic E-state index is 12.9. The molecule has 0 N–H and O–H groups in total. The van der Waals surface area contributed by atoms with Crippen molar-refractivity contribution in [3.05, 3.63) is 27.3 Å². The fraction of sp³-hybridized carbons (Fsp3) is 0.400. The third-order valence-corrected chi connectivity index (χ3v) is 2.28. The van der Waals surface area contributed by atoms with E-state index in [1.54, 1.807) is 20.8 Å². The molecule has 0 amide bonds. The van der Waals surface area contributed by atoms with E-state index in [1.807, 2.05) is 22.6 Å². The van der Waals surface area contributed by atoms with Crippen molar-refractivity contribution in [1.82, 2.24) is 4.98 Å². The molecule has 0 aliphatic rings. The van der Waals surface area contributed by atoms with Crippen molar-refractivity contribution >= 4 is 28.6 Å². The molecule has 0 saturated heterocycles. The number of hydrogen-bond donors (Lipinski definition) is 0. The number of ether oxygens (including phenoxy) is 1. The summed E-state index contributed by atoms with van der Waals surface area (Å²) < 4.78 is 18.4. The van der Waals surface area contributed by atoms with Gasteiger partial charge in [0.15, 0.2) is 0 Å². The summed E-state index contributed by atoms with van der Waals surface area (Å²) >= 11 is 1.87. The highest BCUT2D eigenvalue weighted by molar-refractivity contribution is 14.1. The molecule has 0 atom stereocenters. The molecular formula is C10H11FINO2. The molecule has 1 rings (SSSR count). The highest BCUT2D eigenvalue weighted by Gasteiger charge is 2.20. The predicted octanol–water partition coefficient (Wildman–Crippen LogP) is 2.78. The fourth-order valence-corrected chi connectivity index (χ4v) is 1.41. The van der Waals surface area contributed by atoms with Crippen LogP contribution in [0, 0.1) is 9.52 Å². The molecule has 0 aliphatic heterocycles. The first-order valence-electron chi connectivity index (χ1n) is 4.34. The molecule has 1 aromatic rings. The lowest BCUT2D eigenvalue weighted by molar-refractivity contribution is 0.00672. The van der Waals surface area contributed by atoms with Crippen molar-refractivity contribution in [2.75, 3.05) is 0 Å². The number of nitrogens with zero attached hydrogens (tertiary/aromatic N) is 1. The van der Waals surface area contributed by atoms with Gasteiger partial charge in [-0.05, 0) is 49.4 Å². The van der Waals surface area contributed by atoms with E-state index in [4.69, 9.17) is 4.74 Å². The minimum absolute atomic E-state index is 0.158. The number of carbonyl (C=O) groups excluding carboxylic acids is 1. The minimum Gasteiger partial charge on any atom is -0.456 e. The van der Waals surface area contributed by atoms with Crippen LogP contribution in [0.4, 0.5) is 4.39 Å².